The standard InChI is InChI=1S/C58H73N3O25S5/c1-6-59-46-14-12-42-44(35-40(88(68,69)70)37-48(42)90(74,75)76)55(46)57(3,20-8-34-87(65,66)67)50(59)16-10-39(2)11-17-51-58(4,21-23-81-26-27-83-30-31-85-33-32-84-29-28-82-25-24-80-5)56-45-36-41(89(71,72)73)38-49(91(77,78)79)43(45)13-15-47(56)60(51)22-7-9-54(64)86-61-52(62)18-19-53(61)63/h10-17,35-38H,6-9,18-34H2,1-5H3,(H4-,65,66,67,68,69,70,71,72,73,74,75,76,77,78,79). The van der Waals surface area contributed by atoms with Gasteiger partial charge in [0, 0.05) is 84.8 Å². The third-order valence-corrected chi connectivity index (χ3v) is 19.9. The number of nitrogens with zero attached hydrogens (tertiary/aromatic N) is 3. The van der Waals surface area contributed by atoms with Crippen LogP contribution >= 0.6 is 0 Å². The minimum Gasteiger partial charge on any atom is -0.744 e. The van der Waals surface area contributed by atoms with Crippen molar-refractivity contribution in [2.75, 3.05) is 104 Å². The highest BCUT2D eigenvalue weighted by Crippen LogP contribution is 2.54. The lowest BCUT2D eigenvalue weighted by Crippen LogP contribution is -2.33. The van der Waals surface area contributed by atoms with Crippen molar-refractivity contribution in [3.05, 3.63) is 95.2 Å². The van der Waals surface area contributed by atoms with Crippen LogP contribution in [-0.2, 0) is 109 Å². The highest BCUT2D eigenvalue weighted by molar-refractivity contribution is 7.87. The van der Waals surface area contributed by atoms with E-state index < -0.39 is 105 Å². The van der Waals surface area contributed by atoms with E-state index in [0.29, 0.717) is 90.8 Å². The molecule has 3 heterocycles. The molecule has 2 atom stereocenters. The number of allylic oxidation sites excluding steroid dienone is 6. The first-order chi connectivity index (χ1) is 42.7. The minimum atomic E-state index is -5.43. The largest absolute Gasteiger partial charge is 0.744 e. The van der Waals surface area contributed by atoms with Crippen molar-refractivity contribution in [3.8, 4) is 0 Å². The minimum absolute atomic E-state index is 0.0172. The number of hydroxylamine groups is 2. The van der Waals surface area contributed by atoms with Gasteiger partial charge in [-0.25, -0.2) is 13.2 Å². The fourth-order valence-electron chi connectivity index (χ4n) is 11.5. The van der Waals surface area contributed by atoms with Crippen molar-refractivity contribution in [1.29, 1.82) is 0 Å². The quantitative estimate of drug-likeness (QED) is 0.0148. The smallest absolute Gasteiger partial charge is 0.333 e. The van der Waals surface area contributed by atoms with Crippen LogP contribution in [0.15, 0.2) is 104 Å². The van der Waals surface area contributed by atoms with Crippen molar-refractivity contribution in [3.63, 3.8) is 0 Å². The molecule has 1 saturated heterocycles. The van der Waals surface area contributed by atoms with E-state index in [1.807, 2.05) is 4.90 Å². The number of anilines is 1. The van der Waals surface area contributed by atoms with Gasteiger partial charge in [0.2, 0.25) is 5.69 Å². The van der Waals surface area contributed by atoms with Crippen LogP contribution in [0.25, 0.3) is 21.5 Å². The van der Waals surface area contributed by atoms with Crippen LogP contribution in [0.2, 0.25) is 0 Å². The van der Waals surface area contributed by atoms with E-state index in [0.717, 1.165) is 12.1 Å². The molecule has 4 N–H and O–H groups in total. The van der Waals surface area contributed by atoms with Crippen LogP contribution in [0.5, 0.6) is 0 Å². The molecule has 500 valence electrons. The third kappa shape index (κ3) is 17.6. The van der Waals surface area contributed by atoms with Gasteiger partial charge in [-0.15, -0.1) is 5.06 Å². The number of likely N-dealkylation sites (N-methyl/N-ethyl adjacent to an activating group) is 1. The van der Waals surface area contributed by atoms with Gasteiger partial charge < -0.3 is 42.7 Å². The van der Waals surface area contributed by atoms with Gasteiger partial charge in [0.25, 0.3) is 52.3 Å². The Bertz CT molecular complexity index is 4150. The van der Waals surface area contributed by atoms with Gasteiger partial charge >= 0.3 is 5.97 Å². The molecule has 4 aromatic rings. The molecular formula is C58H73N3O25S5. The summed E-state index contributed by atoms with van der Waals surface area (Å²) in [6.45, 7) is 10.1. The van der Waals surface area contributed by atoms with E-state index in [-0.39, 0.29) is 118 Å². The Morgan fingerprint density at radius 1 is 0.648 bits per heavy atom. The number of carbonyl (C=O) groups is 3. The molecule has 33 heteroatoms. The zero-order valence-corrected chi connectivity index (χ0v) is 54.6. The third-order valence-electron chi connectivity index (χ3n) is 15.7. The van der Waals surface area contributed by atoms with E-state index in [1.165, 1.54) is 18.2 Å². The second kappa shape index (κ2) is 30.0. The Balaban J connectivity index is 1.29. The monoisotopic (exact) mass is 1370 g/mol. The van der Waals surface area contributed by atoms with Crippen LogP contribution in [-0.4, -0.2) is 197 Å². The summed E-state index contributed by atoms with van der Waals surface area (Å²) in [5.41, 5.74) is 0.0947. The van der Waals surface area contributed by atoms with Crippen molar-refractivity contribution in [2.24, 2.45) is 0 Å². The number of imide groups is 1. The summed E-state index contributed by atoms with van der Waals surface area (Å²) in [6, 6.07) is 8.98. The van der Waals surface area contributed by atoms with Crippen LogP contribution in [0.1, 0.15) is 83.8 Å². The first-order valence-corrected chi connectivity index (χ1v) is 36.0. The number of benzene rings is 4. The van der Waals surface area contributed by atoms with Gasteiger partial charge in [0.1, 0.15) is 21.6 Å². The van der Waals surface area contributed by atoms with E-state index in [1.54, 1.807) is 69.8 Å². The van der Waals surface area contributed by atoms with Crippen LogP contribution < -0.4 is 4.90 Å². The van der Waals surface area contributed by atoms with Crippen molar-refractivity contribution in [1.82, 2.24) is 5.06 Å². The Morgan fingerprint density at radius 3 is 1.68 bits per heavy atom. The summed E-state index contributed by atoms with van der Waals surface area (Å²) >= 11 is 0. The van der Waals surface area contributed by atoms with Crippen LogP contribution in [0.4, 0.5) is 11.4 Å². The zero-order valence-electron chi connectivity index (χ0n) is 50.5. The molecule has 0 saturated carbocycles. The van der Waals surface area contributed by atoms with Gasteiger partial charge in [-0.3, -0.25) is 27.8 Å². The highest BCUT2D eigenvalue weighted by atomic mass is 32.2. The lowest BCUT2D eigenvalue weighted by Gasteiger charge is -2.30. The SMILES string of the molecule is CCN1C(=CC=C(C)C=CC2=[N+](CCCC(=O)ON3C(=O)CCC3=O)c3ccc4c(S(=O)(=O)[O-])cc(S(=O)(=O)O)cc4c3C2(C)CCOCCOCCOCCOCCOCCOC)C(C)(CCCS(=O)(=O)O)c2c1ccc1c(S(=O)(=O)O)cc(S(=O)(=O)O)cc21. The van der Waals surface area contributed by atoms with E-state index in [9.17, 15) is 79.2 Å². The molecule has 28 nitrogen and oxygen atoms in total. The Morgan fingerprint density at radius 2 is 1.16 bits per heavy atom. The molecular weight excluding hydrogens is 1300 g/mol. The first kappa shape index (κ1) is 72.4. The van der Waals surface area contributed by atoms with E-state index >= 15 is 0 Å². The lowest BCUT2D eigenvalue weighted by molar-refractivity contribution is -0.438. The van der Waals surface area contributed by atoms with Gasteiger partial charge in [-0.1, -0.05) is 23.8 Å². The molecule has 0 radical (unpaired) electrons. The number of methoxy groups -OCH3 is 1. The number of fused-ring (bicyclic) bond motifs is 6. The normalized spacial score (nSPS) is 18.9. The fraction of sp³-hybridized carbons (Fsp3) is 0.483. The maximum atomic E-state index is 13.2. The topological polar surface area (TPSA) is 400 Å². The van der Waals surface area contributed by atoms with Gasteiger partial charge in [0.15, 0.2) is 5.71 Å². The van der Waals surface area contributed by atoms with Gasteiger partial charge in [-0.2, -0.15) is 38.2 Å². The number of rotatable bonds is 35. The summed E-state index contributed by atoms with van der Waals surface area (Å²) < 4.78 is 216. The van der Waals surface area contributed by atoms with Gasteiger partial charge in [-0.05, 0) is 106 Å². The molecule has 4 aromatic carbocycles. The molecule has 91 heavy (non-hydrogen) atoms. The molecule has 7 rings (SSSR count). The molecule has 0 spiro atoms. The number of amides is 2. The zero-order chi connectivity index (χ0) is 66.9. The Labute approximate surface area is 528 Å². The highest BCUT2D eigenvalue weighted by Gasteiger charge is 2.50. The lowest BCUT2D eigenvalue weighted by atomic mass is 9.74. The molecule has 0 aliphatic carbocycles. The maximum absolute atomic E-state index is 13.2. The summed E-state index contributed by atoms with van der Waals surface area (Å²) in [7, 11) is -23.8. The predicted octanol–water partition coefficient (Wildman–Crippen LogP) is 5.35. The number of carbonyl (C=O) groups excluding carboxylic acids is 3. The number of ether oxygens (including phenoxy) is 6. The molecule has 2 amide bonds. The summed E-state index contributed by atoms with van der Waals surface area (Å²) in [4.78, 5) is 41.3. The van der Waals surface area contributed by atoms with Crippen LogP contribution in [0.3, 0.4) is 0 Å². The molecule has 2 unspecified atom stereocenters. The summed E-state index contributed by atoms with van der Waals surface area (Å²) in [5, 5.41) is 0.0160. The Hall–Kier alpha value is -5.99. The van der Waals surface area contributed by atoms with Crippen LogP contribution in [0, 0.1) is 0 Å². The average Bonchev–Trinajstić information content (AvgIpc) is 1.60. The second-order valence-corrected chi connectivity index (χ2v) is 29.1. The van der Waals surface area contributed by atoms with E-state index in [4.69, 9.17) is 33.3 Å². The molecule has 3 aliphatic heterocycles. The number of hydrogen-bond donors (Lipinski definition) is 4. The summed E-state index contributed by atoms with van der Waals surface area (Å²) in [6.07, 6.45) is 5.91. The van der Waals surface area contributed by atoms with Crippen molar-refractivity contribution < 1.29 is 117 Å². The molecule has 3 aliphatic rings. The molecule has 0 bridgehead atoms. The second-order valence-electron chi connectivity index (χ2n) is 21.9. The van der Waals surface area contributed by atoms with Gasteiger partial charge in [0.05, 0.1) is 98.3 Å². The van der Waals surface area contributed by atoms with E-state index in [2.05, 4.69) is 0 Å². The number of hydrogen-bond acceptors (Lipinski definition) is 22. The van der Waals surface area contributed by atoms with Crippen molar-refractivity contribution in [2.45, 2.75) is 103 Å². The first-order valence-electron chi connectivity index (χ1n) is 28.7. The average molecular weight is 1370 g/mol. The molecule has 1 fully saturated rings. The fourth-order valence-corrected chi connectivity index (χ4v) is 14.6. The Kier molecular flexibility index (Phi) is 23.8. The molecule has 0 aromatic heterocycles. The summed E-state index contributed by atoms with van der Waals surface area (Å²) in [5.74, 6) is -3.03. The van der Waals surface area contributed by atoms with Crippen molar-refractivity contribution >= 4 is 107 Å². The maximum Gasteiger partial charge on any atom is 0.333 e. The predicted molar refractivity (Wildman–Crippen MR) is 326 cm³/mol.